The second kappa shape index (κ2) is 22.4. The van der Waals surface area contributed by atoms with Crippen molar-refractivity contribution >= 4 is 16.6 Å². The zero-order valence-corrected chi connectivity index (χ0v) is 41.4. The molecule has 8 heteroatoms. The first-order valence-electron chi connectivity index (χ1n) is 22.0. The highest BCUT2D eigenvalue weighted by Crippen LogP contribution is 2.50. The highest BCUT2D eigenvalue weighted by atomic mass is 28.4. The summed E-state index contributed by atoms with van der Waals surface area (Å²) in [5, 5.41) is 0. The molecule has 1 aliphatic carbocycles. The lowest BCUT2D eigenvalue weighted by Crippen LogP contribution is -2.54. The Morgan fingerprint density at radius 2 is 1.20 bits per heavy atom. The van der Waals surface area contributed by atoms with Crippen LogP contribution in [0.4, 0.5) is 0 Å². The van der Waals surface area contributed by atoms with Crippen LogP contribution in [0.2, 0.25) is 33.2 Å². The third kappa shape index (κ3) is 12.0. The minimum absolute atomic E-state index is 0.0179. The lowest BCUT2D eigenvalue weighted by molar-refractivity contribution is -0.137. The molecule has 0 unspecified atom stereocenters. The predicted molar refractivity (Wildman–Crippen MR) is 239 cm³/mol. The van der Waals surface area contributed by atoms with E-state index in [0.717, 1.165) is 24.2 Å². The van der Waals surface area contributed by atoms with Gasteiger partial charge in [-0.2, -0.15) is 0 Å². The summed E-state index contributed by atoms with van der Waals surface area (Å²) in [6, 6.07) is 8.11. The molecule has 320 valence electrons. The van der Waals surface area contributed by atoms with E-state index >= 15 is 0 Å². The van der Waals surface area contributed by atoms with E-state index in [1.54, 1.807) is 19.8 Å². The minimum Gasteiger partial charge on any atom is -0.497 e. The van der Waals surface area contributed by atoms with Gasteiger partial charge in [-0.25, -0.2) is 0 Å². The van der Waals surface area contributed by atoms with Gasteiger partial charge in [0.1, 0.15) is 12.5 Å². The molecule has 8 atom stereocenters. The summed E-state index contributed by atoms with van der Waals surface area (Å²) < 4.78 is 39.3. The Bertz CT molecular complexity index is 1230. The molecule has 0 radical (unpaired) electrons. The van der Waals surface area contributed by atoms with Crippen molar-refractivity contribution in [2.75, 3.05) is 27.6 Å². The predicted octanol–water partition coefficient (Wildman–Crippen LogP) is 13.6. The van der Waals surface area contributed by atoms with Gasteiger partial charge < -0.3 is 27.8 Å². The third-order valence-electron chi connectivity index (χ3n) is 13.8. The number of benzene rings is 1. The molecule has 0 spiro atoms. The molecule has 1 aromatic carbocycles. The van der Waals surface area contributed by atoms with Gasteiger partial charge in [-0.15, -0.1) is 0 Å². The summed E-state index contributed by atoms with van der Waals surface area (Å²) in [5.74, 6) is 2.33. The summed E-state index contributed by atoms with van der Waals surface area (Å²) in [5.41, 5.74) is 7.46. The molecule has 0 saturated heterocycles. The maximum Gasteiger partial charge on any atom is 0.200 e. The topological polar surface area (TPSA) is 55.4 Å². The van der Waals surface area contributed by atoms with Crippen LogP contribution in [0.25, 0.3) is 0 Å². The Kier molecular flexibility index (Phi) is 20.4. The molecule has 1 aromatic rings. The van der Waals surface area contributed by atoms with Crippen molar-refractivity contribution in [2.45, 2.75) is 196 Å². The Morgan fingerprint density at radius 1 is 0.691 bits per heavy atom. The standard InChI is InChI=1S/C47H88O6Si2/c1-30(2)54(31(3)4,32(5)6)52-46-38(15)26-44(40(46)17)36(13)25-37(14)47(53-55(33(7)8,34(9)10)35(11)12)41(18)45(51-29-48-19)39(16)27-50-28-42-21-23-43(49-20)24-22-42/h21-24,30-35,37-41,45-47H,25-29H2,1-20H3/b44-36+/t37-,38-,39-,40-,41+,45-,46-,47+/m0/s1. The zero-order valence-electron chi connectivity index (χ0n) is 39.4. The number of ether oxygens (including phenoxy) is 4. The van der Waals surface area contributed by atoms with E-state index in [4.69, 9.17) is 27.8 Å². The highest BCUT2D eigenvalue weighted by Gasteiger charge is 2.51. The van der Waals surface area contributed by atoms with Crippen molar-refractivity contribution in [1.82, 2.24) is 0 Å². The second-order valence-electron chi connectivity index (χ2n) is 19.5. The van der Waals surface area contributed by atoms with Crippen LogP contribution >= 0.6 is 0 Å². The second-order valence-corrected chi connectivity index (χ2v) is 30.3. The molecule has 0 aromatic heterocycles. The SMILES string of the molecule is COCO[C@H]([C@@H](C)[C@H](O[Si](C(C)C)(C(C)C)C(C)C)[C@@H](C)C/C(C)=C1\C[C@H](C)[C@H](O[Si](C(C)C)(C(C)C)C(C)C)[C@H]1C)[C@@H](C)COCc1ccc(OC)cc1. The van der Waals surface area contributed by atoms with Crippen LogP contribution in [0.1, 0.15) is 143 Å². The van der Waals surface area contributed by atoms with Gasteiger partial charge in [0.2, 0.25) is 16.6 Å². The van der Waals surface area contributed by atoms with E-state index in [1.807, 2.05) is 12.1 Å². The number of allylic oxidation sites excluding steroid dienone is 1. The molecule has 2 rings (SSSR count). The Morgan fingerprint density at radius 3 is 1.65 bits per heavy atom. The Balaban J connectivity index is 2.51. The molecule has 0 N–H and O–H groups in total. The summed E-state index contributed by atoms with van der Waals surface area (Å²) in [6.07, 6.45) is 2.32. The van der Waals surface area contributed by atoms with Crippen LogP contribution in [0.15, 0.2) is 35.4 Å². The molecular weight excluding hydrogens is 717 g/mol. The van der Waals surface area contributed by atoms with E-state index in [9.17, 15) is 0 Å². The van der Waals surface area contributed by atoms with Gasteiger partial charge in [-0.1, -0.05) is 141 Å². The average molecular weight is 805 g/mol. The summed E-state index contributed by atoms with van der Waals surface area (Å²) >= 11 is 0. The molecule has 1 saturated carbocycles. The largest absolute Gasteiger partial charge is 0.497 e. The molecule has 55 heavy (non-hydrogen) atoms. The Hall–Kier alpha value is -1.01. The Labute approximate surface area is 342 Å². The van der Waals surface area contributed by atoms with Crippen LogP contribution in [0.5, 0.6) is 5.75 Å². The van der Waals surface area contributed by atoms with Crippen molar-refractivity contribution in [3.8, 4) is 5.75 Å². The molecule has 1 aliphatic rings. The summed E-state index contributed by atoms with van der Waals surface area (Å²) in [6.45, 7) is 44.6. The number of methoxy groups -OCH3 is 2. The number of hydrogen-bond donors (Lipinski definition) is 0. The maximum absolute atomic E-state index is 7.85. The monoisotopic (exact) mass is 805 g/mol. The maximum atomic E-state index is 7.85. The van der Waals surface area contributed by atoms with Gasteiger partial charge >= 0.3 is 0 Å². The smallest absolute Gasteiger partial charge is 0.200 e. The first kappa shape index (κ1) is 50.1. The summed E-state index contributed by atoms with van der Waals surface area (Å²) in [4.78, 5) is 0. The van der Waals surface area contributed by atoms with Gasteiger partial charge in [-0.05, 0) is 82.5 Å². The van der Waals surface area contributed by atoms with E-state index in [1.165, 1.54) is 5.57 Å². The number of hydrogen-bond acceptors (Lipinski definition) is 6. The summed E-state index contributed by atoms with van der Waals surface area (Å²) in [7, 11) is -0.846. The van der Waals surface area contributed by atoms with Crippen molar-refractivity contribution in [2.24, 2.45) is 29.6 Å². The van der Waals surface area contributed by atoms with Crippen LogP contribution in [-0.2, 0) is 29.7 Å². The van der Waals surface area contributed by atoms with Crippen molar-refractivity contribution in [3.63, 3.8) is 0 Å². The number of rotatable bonds is 24. The third-order valence-corrected chi connectivity index (χ3v) is 26.0. The van der Waals surface area contributed by atoms with Crippen LogP contribution in [-0.4, -0.2) is 62.6 Å². The molecular formula is C47H88O6Si2. The molecule has 1 fully saturated rings. The van der Waals surface area contributed by atoms with Crippen molar-refractivity contribution in [1.29, 1.82) is 0 Å². The fourth-order valence-electron chi connectivity index (χ4n) is 11.2. The molecule has 0 heterocycles. The van der Waals surface area contributed by atoms with Crippen LogP contribution < -0.4 is 4.74 Å². The quantitative estimate of drug-likeness (QED) is 0.0589. The van der Waals surface area contributed by atoms with Gasteiger partial charge in [0.15, 0.2) is 0 Å². The van der Waals surface area contributed by atoms with Crippen LogP contribution in [0, 0.1) is 29.6 Å². The van der Waals surface area contributed by atoms with Gasteiger partial charge in [0.05, 0.1) is 38.6 Å². The normalized spacial score (nSPS) is 22.3. The molecule has 0 aliphatic heterocycles. The zero-order chi connectivity index (χ0) is 42.0. The van der Waals surface area contributed by atoms with Gasteiger partial charge in [0, 0.05) is 24.9 Å². The first-order valence-corrected chi connectivity index (χ1v) is 26.3. The van der Waals surface area contributed by atoms with Gasteiger partial charge in [-0.3, -0.25) is 0 Å². The molecule has 6 nitrogen and oxygen atoms in total. The van der Waals surface area contributed by atoms with E-state index in [0.29, 0.717) is 64.2 Å². The lowest BCUT2D eigenvalue weighted by atomic mass is 9.81. The van der Waals surface area contributed by atoms with Crippen molar-refractivity contribution < 1.29 is 27.8 Å². The highest BCUT2D eigenvalue weighted by molar-refractivity contribution is 6.78. The van der Waals surface area contributed by atoms with E-state index in [2.05, 4.69) is 137 Å². The fourth-order valence-corrected chi connectivity index (χ4v) is 22.7. The minimum atomic E-state index is -2.24. The van der Waals surface area contributed by atoms with Crippen LogP contribution in [0.3, 0.4) is 0 Å². The molecule has 0 amide bonds. The van der Waals surface area contributed by atoms with E-state index < -0.39 is 16.6 Å². The first-order chi connectivity index (χ1) is 25.6. The lowest BCUT2D eigenvalue weighted by Gasteiger charge is -2.48. The van der Waals surface area contributed by atoms with E-state index in [-0.39, 0.29) is 36.9 Å². The average Bonchev–Trinajstić information content (AvgIpc) is 3.38. The van der Waals surface area contributed by atoms with Crippen molar-refractivity contribution in [3.05, 3.63) is 41.0 Å². The fraction of sp³-hybridized carbons (Fsp3) is 0.830. The van der Waals surface area contributed by atoms with Gasteiger partial charge in [0.25, 0.3) is 0 Å². The molecule has 0 bridgehead atoms.